The summed E-state index contributed by atoms with van der Waals surface area (Å²) in [5.41, 5.74) is 0. The molecule has 3 rings (SSSR count). The van der Waals surface area contributed by atoms with Gasteiger partial charge in [-0.25, -0.2) is 0 Å². The summed E-state index contributed by atoms with van der Waals surface area (Å²) in [7, 11) is 1.86. The van der Waals surface area contributed by atoms with E-state index >= 15 is 0 Å². The van der Waals surface area contributed by atoms with Gasteiger partial charge in [0.1, 0.15) is 0 Å². The smallest absolute Gasteiger partial charge is 0.191 e. The predicted molar refractivity (Wildman–Crippen MR) is 90.3 cm³/mol. The van der Waals surface area contributed by atoms with Crippen LogP contribution in [0.4, 0.5) is 0 Å². The van der Waals surface area contributed by atoms with Crippen molar-refractivity contribution in [2.75, 3.05) is 33.3 Å². The number of fused-ring (bicyclic) bond motifs is 1. The molecular weight excluding hydrogens is 276 g/mol. The van der Waals surface area contributed by atoms with E-state index in [0.29, 0.717) is 18.2 Å². The van der Waals surface area contributed by atoms with Gasteiger partial charge in [-0.05, 0) is 51.0 Å². The van der Waals surface area contributed by atoms with Crippen molar-refractivity contribution in [3.05, 3.63) is 0 Å². The molecule has 2 N–H and O–H groups in total. The van der Waals surface area contributed by atoms with Crippen molar-refractivity contribution in [1.29, 1.82) is 0 Å². The Kier molecular flexibility index (Phi) is 5.58. The molecule has 2 atom stereocenters. The summed E-state index contributed by atoms with van der Waals surface area (Å²) in [6.07, 6.45) is 8.11. The maximum Gasteiger partial charge on any atom is 0.191 e. The van der Waals surface area contributed by atoms with E-state index in [4.69, 9.17) is 4.74 Å². The summed E-state index contributed by atoms with van der Waals surface area (Å²) in [5.74, 6) is 1.82. The average Bonchev–Trinajstić information content (AvgIpc) is 3.01. The van der Waals surface area contributed by atoms with Gasteiger partial charge in [0.25, 0.3) is 0 Å². The highest BCUT2D eigenvalue weighted by atomic mass is 16.5. The molecule has 1 aliphatic carbocycles. The van der Waals surface area contributed by atoms with Gasteiger partial charge in [0.2, 0.25) is 0 Å². The molecule has 0 bridgehead atoms. The highest BCUT2D eigenvalue weighted by Crippen LogP contribution is 2.24. The van der Waals surface area contributed by atoms with Gasteiger partial charge in [-0.15, -0.1) is 0 Å². The molecule has 5 heteroatoms. The fourth-order valence-electron chi connectivity index (χ4n) is 4.01. The van der Waals surface area contributed by atoms with Crippen LogP contribution in [-0.4, -0.2) is 62.3 Å². The number of guanidine groups is 1. The van der Waals surface area contributed by atoms with Crippen molar-refractivity contribution in [1.82, 2.24) is 15.5 Å². The minimum absolute atomic E-state index is 0.291. The molecule has 22 heavy (non-hydrogen) atoms. The van der Waals surface area contributed by atoms with Crippen LogP contribution in [0.5, 0.6) is 0 Å². The number of hydrogen-bond donors (Lipinski definition) is 2. The van der Waals surface area contributed by atoms with Crippen LogP contribution in [0.25, 0.3) is 0 Å². The number of nitrogens with one attached hydrogen (secondary N) is 2. The lowest BCUT2D eigenvalue weighted by atomic mass is 9.87. The Labute approximate surface area is 134 Å². The van der Waals surface area contributed by atoms with Gasteiger partial charge in [0, 0.05) is 32.2 Å². The fourth-order valence-corrected chi connectivity index (χ4v) is 4.01. The first kappa shape index (κ1) is 16.1. The predicted octanol–water partition coefficient (Wildman–Crippen LogP) is 1.59. The molecule has 0 spiro atoms. The van der Waals surface area contributed by atoms with E-state index in [1.807, 2.05) is 7.05 Å². The normalized spacial score (nSPS) is 36.9. The molecule has 3 aliphatic rings. The van der Waals surface area contributed by atoms with Crippen molar-refractivity contribution in [2.24, 2.45) is 10.9 Å². The lowest BCUT2D eigenvalue weighted by Gasteiger charge is -2.35. The van der Waals surface area contributed by atoms with E-state index in [0.717, 1.165) is 31.6 Å². The van der Waals surface area contributed by atoms with Crippen molar-refractivity contribution >= 4 is 5.96 Å². The lowest BCUT2D eigenvalue weighted by Crippen LogP contribution is -2.52. The monoisotopic (exact) mass is 308 g/mol. The highest BCUT2D eigenvalue weighted by Gasteiger charge is 2.32. The first-order valence-corrected chi connectivity index (χ1v) is 9.07. The van der Waals surface area contributed by atoms with Gasteiger partial charge in [0.15, 0.2) is 5.96 Å². The summed E-state index contributed by atoms with van der Waals surface area (Å²) in [4.78, 5) is 6.97. The molecule has 5 nitrogen and oxygen atoms in total. The van der Waals surface area contributed by atoms with E-state index < -0.39 is 0 Å². The van der Waals surface area contributed by atoms with Crippen LogP contribution in [-0.2, 0) is 4.74 Å². The third-order valence-electron chi connectivity index (χ3n) is 5.54. The van der Waals surface area contributed by atoms with Crippen LogP contribution in [0.1, 0.15) is 45.4 Å². The van der Waals surface area contributed by atoms with Gasteiger partial charge in [-0.1, -0.05) is 6.92 Å². The Hall–Kier alpha value is -0.810. The van der Waals surface area contributed by atoms with E-state index in [2.05, 4.69) is 27.4 Å². The van der Waals surface area contributed by atoms with Crippen LogP contribution < -0.4 is 10.6 Å². The van der Waals surface area contributed by atoms with Gasteiger partial charge >= 0.3 is 0 Å². The third kappa shape index (κ3) is 4.13. The van der Waals surface area contributed by atoms with Crippen molar-refractivity contribution in [3.8, 4) is 0 Å². The number of hydrogen-bond acceptors (Lipinski definition) is 3. The van der Waals surface area contributed by atoms with Crippen molar-refractivity contribution < 1.29 is 4.74 Å². The number of rotatable bonds is 3. The summed E-state index contributed by atoms with van der Waals surface area (Å²) < 4.78 is 6.00. The number of nitrogens with zero attached hydrogens (tertiary/aromatic N) is 2. The zero-order valence-corrected chi connectivity index (χ0v) is 14.2. The molecule has 3 fully saturated rings. The minimum Gasteiger partial charge on any atom is -0.373 e. The Bertz CT molecular complexity index is 379. The van der Waals surface area contributed by atoms with Crippen molar-refractivity contribution in [2.45, 2.75) is 63.6 Å². The molecule has 2 saturated heterocycles. The van der Waals surface area contributed by atoms with Crippen LogP contribution in [0.3, 0.4) is 0 Å². The Morgan fingerprint density at radius 1 is 1.23 bits per heavy atom. The first-order valence-electron chi connectivity index (χ1n) is 9.07. The Morgan fingerprint density at radius 2 is 2.05 bits per heavy atom. The van der Waals surface area contributed by atoms with E-state index in [1.54, 1.807) is 0 Å². The van der Waals surface area contributed by atoms with Crippen LogP contribution in [0, 0.1) is 5.92 Å². The Balaban J connectivity index is 1.39. The molecule has 1 saturated carbocycles. The quantitative estimate of drug-likeness (QED) is 0.614. The van der Waals surface area contributed by atoms with Crippen LogP contribution >= 0.6 is 0 Å². The maximum absolute atomic E-state index is 6.00. The summed E-state index contributed by atoms with van der Waals surface area (Å²) in [5, 5.41) is 7.05. The fraction of sp³-hybridized carbons (Fsp3) is 0.941. The van der Waals surface area contributed by atoms with E-state index in [-0.39, 0.29) is 0 Å². The zero-order valence-electron chi connectivity index (χ0n) is 14.2. The van der Waals surface area contributed by atoms with Crippen LogP contribution in [0.2, 0.25) is 0 Å². The van der Waals surface area contributed by atoms with Crippen molar-refractivity contribution in [3.63, 3.8) is 0 Å². The largest absolute Gasteiger partial charge is 0.373 e. The van der Waals surface area contributed by atoms with Gasteiger partial charge in [0.05, 0.1) is 12.7 Å². The van der Waals surface area contributed by atoms with E-state index in [1.165, 1.54) is 45.1 Å². The summed E-state index contributed by atoms with van der Waals surface area (Å²) in [6, 6.07) is 1.26. The molecule has 0 aromatic rings. The number of morpholine rings is 1. The summed E-state index contributed by atoms with van der Waals surface area (Å²) in [6.45, 7) is 6.42. The maximum atomic E-state index is 6.00. The molecule has 0 amide bonds. The van der Waals surface area contributed by atoms with Crippen LogP contribution in [0.15, 0.2) is 4.99 Å². The molecule has 2 unspecified atom stereocenters. The molecule has 0 aromatic carbocycles. The SMILES string of the molecule is CN=C(NCC1CN2CCCC2CO1)NC1CCC(C)CC1. The molecule has 0 aromatic heterocycles. The first-order chi connectivity index (χ1) is 10.7. The Morgan fingerprint density at radius 3 is 2.82 bits per heavy atom. The second-order valence-electron chi connectivity index (χ2n) is 7.30. The highest BCUT2D eigenvalue weighted by molar-refractivity contribution is 5.80. The van der Waals surface area contributed by atoms with E-state index in [9.17, 15) is 0 Å². The molecule has 0 radical (unpaired) electrons. The standard InChI is InChI=1S/C17H32N4O/c1-13-5-7-14(8-6-13)20-17(18-2)19-10-16-11-21-9-3-4-15(21)12-22-16/h13-16H,3-12H2,1-2H3,(H2,18,19,20). The molecule has 2 aliphatic heterocycles. The molecular formula is C17H32N4O. The third-order valence-corrected chi connectivity index (χ3v) is 5.54. The minimum atomic E-state index is 0.291. The number of aliphatic imine (C=N–C) groups is 1. The lowest BCUT2D eigenvalue weighted by molar-refractivity contribution is -0.0453. The molecule has 2 heterocycles. The van der Waals surface area contributed by atoms with Gasteiger partial charge in [-0.3, -0.25) is 9.89 Å². The second kappa shape index (κ2) is 7.64. The zero-order chi connectivity index (χ0) is 15.4. The second-order valence-corrected chi connectivity index (χ2v) is 7.30. The van der Waals surface area contributed by atoms with Gasteiger partial charge < -0.3 is 15.4 Å². The topological polar surface area (TPSA) is 48.9 Å². The summed E-state index contributed by atoms with van der Waals surface area (Å²) >= 11 is 0. The molecule has 126 valence electrons. The number of ether oxygens (including phenoxy) is 1. The van der Waals surface area contributed by atoms with Gasteiger partial charge in [-0.2, -0.15) is 0 Å². The average molecular weight is 308 g/mol.